The number of halogens is 3. The van der Waals surface area contributed by atoms with Crippen LogP contribution in [0.25, 0.3) is 0 Å². The Labute approximate surface area is 92.7 Å². The van der Waals surface area contributed by atoms with Crippen molar-refractivity contribution >= 4 is 0 Å². The zero-order valence-electron chi connectivity index (χ0n) is 8.85. The molecule has 88 valence electrons. The molecule has 1 aliphatic rings. The highest BCUT2D eigenvalue weighted by molar-refractivity contribution is 5.21. The molecule has 1 heterocycles. The number of hydrogen-bond donors (Lipinski definition) is 1. The van der Waals surface area contributed by atoms with Crippen LogP contribution in [-0.4, -0.2) is 13.1 Å². The Balaban J connectivity index is 2.15. The van der Waals surface area contributed by atoms with Crippen LogP contribution in [0.1, 0.15) is 24.6 Å². The minimum Gasteiger partial charge on any atom is -0.316 e. The van der Waals surface area contributed by atoms with Crippen LogP contribution in [0.4, 0.5) is 13.2 Å². The van der Waals surface area contributed by atoms with Crippen LogP contribution in [0.15, 0.2) is 18.2 Å². The monoisotopic (exact) mass is 229 g/mol. The highest BCUT2D eigenvalue weighted by atomic mass is 19.1. The molecule has 0 bridgehead atoms. The van der Waals surface area contributed by atoms with E-state index in [0.717, 1.165) is 37.6 Å². The normalized spacial score (nSPS) is 23.1. The first-order chi connectivity index (χ1) is 7.66. The quantitative estimate of drug-likeness (QED) is 0.822. The molecule has 0 amide bonds. The van der Waals surface area contributed by atoms with Gasteiger partial charge in [0.05, 0.1) is 0 Å². The third-order valence-corrected chi connectivity index (χ3v) is 2.95. The molecule has 0 saturated carbocycles. The SMILES string of the molecule is Fc1cc(F)cc(C(F)C2CCCNC2)c1. The molecule has 1 nitrogen and oxygen atoms in total. The summed E-state index contributed by atoms with van der Waals surface area (Å²) in [4.78, 5) is 0. The molecule has 0 radical (unpaired) electrons. The summed E-state index contributed by atoms with van der Waals surface area (Å²) < 4.78 is 39.9. The molecule has 4 heteroatoms. The van der Waals surface area contributed by atoms with E-state index in [4.69, 9.17) is 0 Å². The van der Waals surface area contributed by atoms with Gasteiger partial charge in [-0.25, -0.2) is 13.2 Å². The fourth-order valence-corrected chi connectivity index (χ4v) is 2.14. The zero-order chi connectivity index (χ0) is 11.5. The standard InChI is InChI=1S/C12H14F3N/c13-10-4-9(5-11(14)6-10)12(15)8-2-1-3-16-7-8/h4-6,8,12,16H,1-3,7H2. The van der Waals surface area contributed by atoms with Crippen LogP contribution in [0.3, 0.4) is 0 Å². The molecule has 2 rings (SSSR count). The molecule has 2 unspecified atom stereocenters. The zero-order valence-corrected chi connectivity index (χ0v) is 8.85. The predicted molar refractivity (Wildman–Crippen MR) is 55.8 cm³/mol. The molecule has 0 aliphatic carbocycles. The number of nitrogens with one attached hydrogen (secondary N) is 1. The molecule has 1 aliphatic heterocycles. The fraction of sp³-hybridized carbons (Fsp3) is 0.500. The van der Waals surface area contributed by atoms with Crippen LogP contribution in [0.5, 0.6) is 0 Å². The maximum atomic E-state index is 14.0. The fourth-order valence-electron chi connectivity index (χ4n) is 2.14. The Morgan fingerprint density at radius 3 is 2.44 bits per heavy atom. The number of hydrogen-bond acceptors (Lipinski definition) is 1. The van der Waals surface area contributed by atoms with Crippen molar-refractivity contribution in [2.75, 3.05) is 13.1 Å². The van der Waals surface area contributed by atoms with Gasteiger partial charge in [0.1, 0.15) is 17.8 Å². The molecule has 1 aromatic carbocycles. The van der Waals surface area contributed by atoms with Crippen molar-refractivity contribution in [1.29, 1.82) is 0 Å². The Morgan fingerprint density at radius 1 is 1.19 bits per heavy atom. The van der Waals surface area contributed by atoms with E-state index in [2.05, 4.69) is 5.32 Å². The lowest BCUT2D eigenvalue weighted by atomic mass is 9.90. The van der Waals surface area contributed by atoms with Gasteiger partial charge in [0.2, 0.25) is 0 Å². The summed E-state index contributed by atoms with van der Waals surface area (Å²) in [5, 5.41) is 3.09. The van der Waals surface area contributed by atoms with E-state index < -0.39 is 17.8 Å². The second-order valence-electron chi connectivity index (χ2n) is 4.21. The van der Waals surface area contributed by atoms with Gasteiger partial charge in [-0.15, -0.1) is 0 Å². The number of benzene rings is 1. The van der Waals surface area contributed by atoms with Gasteiger partial charge in [0.15, 0.2) is 0 Å². The molecular weight excluding hydrogens is 215 g/mol. The minimum atomic E-state index is -1.29. The summed E-state index contributed by atoms with van der Waals surface area (Å²) in [6.45, 7) is 1.46. The van der Waals surface area contributed by atoms with Crippen molar-refractivity contribution in [3.8, 4) is 0 Å². The van der Waals surface area contributed by atoms with Gasteiger partial charge in [0.25, 0.3) is 0 Å². The first-order valence-electron chi connectivity index (χ1n) is 5.47. The topological polar surface area (TPSA) is 12.0 Å². The van der Waals surface area contributed by atoms with Crippen LogP contribution in [-0.2, 0) is 0 Å². The average Bonchev–Trinajstić information content (AvgIpc) is 2.28. The summed E-state index contributed by atoms with van der Waals surface area (Å²) in [6.07, 6.45) is 0.368. The van der Waals surface area contributed by atoms with Crippen molar-refractivity contribution < 1.29 is 13.2 Å². The van der Waals surface area contributed by atoms with E-state index in [0.29, 0.717) is 6.54 Å². The van der Waals surface area contributed by atoms with Crippen LogP contribution in [0, 0.1) is 17.6 Å². The number of alkyl halides is 1. The number of piperidine rings is 1. The molecule has 0 aromatic heterocycles. The Hall–Kier alpha value is -1.03. The molecule has 1 N–H and O–H groups in total. The van der Waals surface area contributed by atoms with E-state index in [1.54, 1.807) is 0 Å². The molecule has 2 atom stereocenters. The minimum absolute atomic E-state index is 0.103. The van der Waals surface area contributed by atoms with Gasteiger partial charge >= 0.3 is 0 Å². The van der Waals surface area contributed by atoms with Crippen molar-refractivity contribution in [2.24, 2.45) is 5.92 Å². The predicted octanol–water partition coefficient (Wildman–Crippen LogP) is 2.98. The second-order valence-corrected chi connectivity index (χ2v) is 4.21. The maximum absolute atomic E-state index is 14.0. The summed E-state index contributed by atoms with van der Waals surface area (Å²) in [6, 6.07) is 2.90. The average molecular weight is 229 g/mol. The summed E-state index contributed by atoms with van der Waals surface area (Å²) in [7, 11) is 0. The van der Waals surface area contributed by atoms with Gasteiger partial charge in [0, 0.05) is 18.5 Å². The van der Waals surface area contributed by atoms with Crippen LogP contribution >= 0.6 is 0 Å². The van der Waals surface area contributed by atoms with E-state index in [-0.39, 0.29) is 11.5 Å². The Bertz CT molecular complexity index is 341. The van der Waals surface area contributed by atoms with Gasteiger partial charge in [-0.3, -0.25) is 0 Å². The molecule has 1 saturated heterocycles. The van der Waals surface area contributed by atoms with E-state index in [9.17, 15) is 13.2 Å². The first-order valence-corrected chi connectivity index (χ1v) is 5.47. The highest BCUT2D eigenvalue weighted by Crippen LogP contribution is 2.31. The lowest BCUT2D eigenvalue weighted by molar-refractivity contribution is 0.193. The van der Waals surface area contributed by atoms with Crippen molar-refractivity contribution in [3.63, 3.8) is 0 Å². The van der Waals surface area contributed by atoms with E-state index in [1.807, 2.05) is 0 Å². The van der Waals surface area contributed by atoms with Gasteiger partial charge in [-0.1, -0.05) is 0 Å². The molecular formula is C12H14F3N. The van der Waals surface area contributed by atoms with Gasteiger partial charge < -0.3 is 5.32 Å². The third kappa shape index (κ3) is 2.55. The Morgan fingerprint density at radius 2 is 1.88 bits per heavy atom. The molecule has 1 aromatic rings. The highest BCUT2D eigenvalue weighted by Gasteiger charge is 2.25. The molecule has 1 fully saturated rings. The lowest BCUT2D eigenvalue weighted by Gasteiger charge is -2.26. The maximum Gasteiger partial charge on any atom is 0.129 e. The van der Waals surface area contributed by atoms with Crippen molar-refractivity contribution in [3.05, 3.63) is 35.4 Å². The summed E-state index contributed by atoms with van der Waals surface area (Å²) in [5.74, 6) is -1.63. The smallest absolute Gasteiger partial charge is 0.129 e. The second kappa shape index (κ2) is 4.87. The Kier molecular flexibility index (Phi) is 3.49. The lowest BCUT2D eigenvalue weighted by Crippen LogP contribution is -2.32. The third-order valence-electron chi connectivity index (χ3n) is 2.95. The van der Waals surface area contributed by atoms with Crippen molar-refractivity contribution in [2.45, 2.75) is 19.0 Å². The van der Waals surface area contributed by atoms with Gasteiger partial charge in [-0.2, -0.15) is 0 Å². The molecule has 0 spiro atoms. The first kappa shape index (κ1) is 11.5. The largest absolute Gasteiger partial charge is 0.316 e. The summed E-state index contributed by atoms with van der Waals surface area (Å²) in [5.41, 5.74) is 0.103. The van der Waals surface area contributed by atoms with E-state index in [1.165, 1.54) is 0 Å². The van der Waals surface area contributed by atoms with Crippen LogP contribution < -0.4 is 5.32 Å². The van der Waals surface area contributed by atoms with Gasteiger partial charge in [-0.05, 0) is 37.1 Å². The van der Waals surface area contributed by atoms with Crippen LogP contribution in [0.2, 0.25) is 0 Å². The molecule has 16 heavy (non-hydrogen) atoms. The summed E-state index contributed by atoms with van der Waals surface area (Å²) >= 11 is 0. The number of rotatable bonds is 2. The van der Waals surface area contributed by atoms with Crippen molar-refractivity contribution in [1.82, 2.24) is 5.32 Å². The van der Waals surface area contributed by atoms with E-state index >= 15 is 0 Å².